The second-order valence-corrected chi connectivity index (χ2v) is 6.90. The number of pyridine rings is 1. The Bertz CT molecular complexity index is 1260. The molecule has 4 rings (SSSR count). The molecule has 0 saturated carbocycles. The van der Waals surface area contributed by atoms with E-state index in [2.05, 4.69) is 15.3 Å². The Balaban J connectivity index is 1.99. The van der Waals surface area contributed by atoms with Crippen molar-refractivity contribution in [1.29, 1.82) is 0 Å². The first-order chi connectivity index (χ1) is 13.0. The molecule has 0 aliphatic heterocycles. The van der Waals surface area contributed by atoms with Gasteiger partial charge in [-0.15, -0.1) is 16.4 Å². The quantitative estimate of drug-likeness (QED) is 0.393. The third kappa shape index (κ3) is 2.84. The second-order valence-electron chi connectivity index (χ2n) is 5.90. The molecule has 0 aliphatic rings. The maximum absolute atomic E-state index is 13.0. The van der Waals surface area contributed by atoms with E-state index in [-0.39, 0.29) is 11.4 Å². The topological polar surface area (TPSA) is 113 Å². The van der Waals surface area contributed by atoms with E-state index in [1.54, 1.807) is 13.2 Å². The predicted octanol–water partition coefficient (Wildman–Crippen LogP) is 2.75. The Morgan fingerprint density at radius 1 is 1.33 bits per heavy atom. The van der Waals surface area contributed by atoms with E-state index in [0.717, 1.165) is 21.3 Å². The van der Waals surface area contributed by atoms with Crippen LogP contribution in [0.25, 0.3) is 26.1 Å². The van der Waals surface area contributed by atoms with Crippen LogP contribution in [0.15, 0.2) is 35.1 Å². The normalized spacial score (nSPS) is 11.3. The summed E-state index contributed by atoms with van der Waals surface area (Å²) >= 11 is 1.23. The molecule has 4 aromatic rings. The second kappa shape index (κ2) is 6.49. The fourth-order valence-electron chi connectivity index (χ4n) is 2.94. The van der Waals surface area contributed by atoms with Crippen LogP contribution in [0.5, 0.6) is 0 Å². The summed E-state index contributed by atoms with van der Waals surface area (Å²) in [7, 11) is 1.59. The standard InChI is InChI=1S/C17H13N5O4S/c1-9-6-10(8-26-2)13-14-15(27-16(13)18-9)17(23)21(20-19-14)11-4-3-5-12(7-11)22(24)25/h3-7H,8H2,1-2H3. The van der Waals surface area contributed by atoms with E-state index in [0.29, 0.717) is 21.7 Å². The third-order valence-corrected chi connectivity index (χ3v) is 5.11. The Morgan fingerprint density at radius 3 is 2.89 bits per heavy atom. The lowest BCUT2D eigenvalue weighted by atomic mass is 10.1. The number of nitrogens with zero attached hydrogens (tertiary/aromatic N) is 5. The molecule has 0 radical (unpaired) electrons. The van der Waals surface area contributed by atoms with Crippen LogP contribution in [0.4, 0.5) is 5.69 Å². The van der Waals surface area contributed by atoms with Gasteiger partial charge in [-0.25, -0.2) is 4.98 Å². The van der Waals surface area contributed by atoms with Gasteiger partial charge in [0, 0.05) is 30.3 Å². The number of hydrogen-bond donors (Lipinski definition) is 0. The number of fused-ring (bicyclic) bond motifs is 3. The molecule has 0 saturated heterocycles. The van der Waals surface area contributed by atoms with E-state index in [9.17, 15) is 14.9 Å². The van der Waals surface area contributed by atoms with Gasteiger partial charge in [-0.3, -0.25) is 14.9 Å². The molecule has 0 N–H and O–H groups in total. The van der Waals surface area contributed by atoms with Crippen LogP contribution in [-0.2, 0) is 11.3 Å². The molecule has 0 spiro atoms. The number of non-ortho nitro benzene ring substituents is 1. The van der Waals surface area contributed by atoms with Crippen molar-refractivity contribution < 1.29 is 9.66 Å². The molecule has 0 atom stereocenters. The van der Waals surface area contributed by atoms with E-state index < -0.39 is 10.5 Å². The lowest BCUT2D eigenvalue weighted by Gasteiger charge is -2.04. The number of nitro groups is 1. The predicted molar refractivity (Wildman–Crippen MR) is 100 cm³/mol. The molecular formula is C17H13N5O4S. The molecule has 9 nitrogen and oxygen atoms in total. The van der Waals surface area contributed by atoms with Crippen molar-refractivity contribution in [3.8, 4) is 5.69 Å². The highest BCUT2D eigenvalue weighted by molar-refractivity contribution is 7.25. The number of aromatic nitrogens is 4. The lowest BCUT2D eigenvalue weighted by molar-refractivity contribution is -0.384. The zero-order valence-electron chi connectivity index (χ0n) is 14.4. The number of rotatable bonds is 4. The summed E-state index contributed by atoms with van der Waals surface area (Å²) in [6, 6.07) is 7.60. The van der Waals surface area contributed by atoms with Crippen molar-refractivity contribution in [2.45, 2.75) is 13.5 Å². The van der Waals surface area contributed by atoms with Gasteiger partial charge in [0.2, 0.25) is 0 Å². The van der Waals surface area contributed by atoms with Crippen molar-refractivity contribution in [2.75, 3.05) is 7.11 Å². The molecule has 0 fully saturated rings. The fourth-order valence-corrected chi connectivity index (χ4v) is 4.07. The van der Waals surface area contributed by atoms with Gasteiger partial charge in [0.15, 0.2) is 0 Å². The van der Waals surface area contributed by atoms with Gasteiger partial charge in [-0.1, -0.05) is 11.3 Å². The maximum Gasteiger partial charge on any atom is 0.292 e. The van der Waals surface area contributed by atoms with Crippen molar-refractivity contribution in [1.82, 2.24) is 20.0 Å². The van der Waals surface area contributed by atoms with Crippen LogP contribution in [0.2, 0.25) is 0 Å². The van der Waals surface area contributed by atoms with Crippen molar-refractivity contribution in [2.24, 2.45) is 0 Å². The van der Waals surface area contributed by atoms with Crippen LogP contribution in [0.3, 0.4) is 0 Å². The number of nitro benzene ring substituents is 1. The first-order valence-electron chi connectivity index (χ1n) is 7.92. The van der Waals surface area contributed by atoms with Crippen LogP contribution < -0.4 is 5.56 Å². The Hall–Kier alpha value is -3.24. The van der Waals surface area contributed by atoms with E-state index >= 15 is 0 Å². The van der Waals surface area contributed by atoms with Crippen molar-refractivity contribution in [3.05, 3.63) is 62.1 Å². The molecule has 0 amide bonds. The van der Waals surface area contributed by atoms with Gasteiger partial charge in [-0.05, 0) is 24.6 Å². The van der Waals surface area contributed by atoms with Gasteiger partial charge in [0.1, 0.15) is 15.0 Å². The number of thiophene rings is 1. The van der Waals surface area contributed by atoms with Crippen LogP contribution in [-0.4, -0.2) is 32.0 Å². The highest BCUT2D eigenvalue weighted by atomic mass is 32.1. The Kier molecular flexibility index (Phi) is 4.13. The van der Waals surface area contributed by atoms with Gasteiger partial charge in [0.25, 0.3) is 11.2 Å². The summed E-state index contributed by atoms with van der Waals surface area (Å²) in [5, 5.41) is 19.9. The number of hydrogen-bond acceptors (Lipinski definition) is 8. The summed E-state index contributed by atoms with van der Waals surface area (Å²) in [5.41, 5.74) is 1.91. The average molecular weight is 383 g/mol. The van der Waals surface area contributed by atoms with Crippen LogP contribution in [0, 0.1) is 17.0 Å². The van der Waals surface area contributed by atoms with Crippen molar-refractivity contribution in [3.63, 3.8) is 0 Å². The molecule has 3 heterocycles. The summed E-state index contributed by atoms with van der Waals surface area (Å²) < 4.78 is 6.70. The minimum Gasteiger partial charge on any atom is -0.380 e. The fraction of sp³-hybridized carbons (Fsp3) is 0.176. The molecule has 0 unspecified atom stereocenters. The third-order valence-electron chi connectivity index (χ3n) is 4.05. The highest BCUT2D eigenvalue weighted by Crippen LogP contribution is 2.32. The molecule has 1 aromatic carbocycles. The number of aryl methyl sites for hydroxylation is 1. The molecule has 3 aromatic heterocycles. The van der Waals surface area contributed by atoms with Gasteiger partial charge in [-0.2, -0.15) is 4.68 Å². The Morgan fingerprint density at radius 2 is 2.15 bits per heavy atom. The van der Waals surface area contributed by atoms with E-state index in [4.69, 9.17) is 4.74 Å². The summed E-state index contributed by atoms with van der Waals surface area (Å²) in [4.78, 5) is 28.6. The SMILES string of the molecule is COCc1cc(C)nc2sc3c(=O)n(-c4cccc([N+](=O)[O-])c4)nnc3c12. The zero-order chi connectivity index (χ0) is 19.1. The maximum atomic E-state index is 13.0. The number of methoxy groups -OCH3 is 1. The van der Waals surface area contributed by atoms with Crippen LogP contribution >= 0.6 is 11.3 Å². The van der Waals surface area contributed by atoms with Gasteiger partial charge < -0.3 is 4.74 Å². The number of benzene rings is 1. The number of ether oxygens (including phenoxy) is 1. The lowest BCUT2D eigenvalue weighted by Crippen LogP contribution is -2.21. The van der Waals surface area contributed by atoms with Crippen molar-refractivity contribution >= 4 is 37.5 Å². The average Bonchev–Trinajstić information content (AvgIpc) is 3.01. The molecule has 136 valence electrons. The molecular weight excluding hydrogens is 370 g/mol. The van der Waals surface area contributed by atoms with E-state index in [1.165, 1.54) is 29.5 Å². The molecule has 0 bridgehead atoms. The molecule has 0 aliphatic carbocycles. The largest absolute Gasteiger partial charge is 0.380 e. The smallest absolute Gasteiger partial charge is 0.292 e. The minimum absolute atomic E-state index is 0.127. The minimum atomic E-state index is -0.524. The summed E-state index contributed by atoms with van der Waals surface area (Å²) in [5.74, 6) is 0. The summed E-state index contributed by atoms with van der Waals surface area (Å²) in [6.45, 7) is 2.23. The molecule has 27 heavy (non-hydrogen) atoms. The first-order valence-corrected chi connectivity index (χ1v) is 8.73. The van der Waals surface area contributed by atoms with Gasteiger partial charge >= 0.3 is 0 Å². The zero-order valence-corrected chi connectivity index (χ0v) is 15.2. The summed E-state index contributed by atoms with van der Waals surface area (Å²) in [6.07, 6.45) is 0. The highest BCUT2D eigenvalue weighted by Gasteiger charge is 2.18. The van der Waals surface area contributed by atoms with Gasteiger partial charge in [0.05, 0.1) is 17.2 Å². The Labute approximate surface area is 156 Å². The van der Waals surface area contributed by atoms with E-state index in [1.807, 2.05) is 13.0 Å². The first kappa shape index (κ1) is 17.2. The molecule has 10 heteroatoms. The van der Waals surface area contributed by atoms with Crippen LogP contribution in [0.1, 0.15) is 11.3 Å². The monoisotopic (exact) mass is 383 g/mol.